The van der Waals surface area contributed by atoms with Crippen molar-refractivity contribution in [2.75, 3.05) is 11.5 Å². The van der Waals surface area contributed by atoms with E-state index in [0.717, 1.165) is 10.1 Å². The summed E-state index contributed by atoms with van der Waals surface area (Å²) in [7, 11) is -3.07. The van der Waals surface area contributed by atoms with Crippen molar-refractivity contribution in [3.05, 3.63) is 35.2 Å². The molecule has 0 bridgehead atoms. The largest absolute Gasteiger partial charge is 0.448 e. The maximum absolute atomic E-state index is 12.2. The molecule has 24 heavy (non-hydrogen) atoms. The van der Waals surface area contributed by atoms with Crippen LogP contribution in [0, 0.1) is 0 Å². The Hall–Kier alpha value is -1.93. The van der Waals surface area contributed by atoms with Gasteiger partial charge < -0.3 is 10.1 Å². The Bertz CT molecular complexity index is 854. The third-order valence-corrected chi connectivity index (χ3v) is 6.72. The summed E-state index contributed by atoms with van der Waals surface area (Å²) in [4.78, 5) is 24.7. The molecule has 0 radical (unpaired) electrons. The minimum atomic E-state index is -3.07. The lowest BCUT2D eigenvalue weighted by Gasteiger charge is -2.16. The molecule has 2 aromatic rings. The SMILES string of the molecule is C[C@H](OC(=O)c1cc2ccccc2s1)C(=O)N[C@H]1CCS(=O)(=O)C1. The van der Waals surface area contributed by atoms with Gasteiger partial charge in [0.25, 0.3) is 5.91 Å². The van der Waals surface area contributed by atoms with Crippen molar-refractivity contribution in [2.45, 2.75) is 25.5 Å². The topological polar surface area (TPSA) is 89.5 Å². The van der Waals surface area contributed by atoms with Crippen LogP contribution in [0.25, 0.3) is 10.1 Å². The molecule has 0 spiro atoms. The van der Waals surface area contributed by atoms with E-state index in [1.807, 2.05) is 24.3 Å². The molecule has 128 valence electrons. The summed E-state index contributed by atoms with van der Waals surface area (Å²) in [5.74, 6) is -1.02. The van der Waals surface area contributed by atoms with E-state index in [0.29, 0.717) is 11.3 Å². The first kappa shape index (κ1) is 16.9. The standard InChI is InChI=1S/C16H17NO5S2/c1-10(15(18)17-12-6-7-24(20,21)9-12)22-16(19)14-8-11-4-2-3-5-13(11)23-14/h2-5,8,10,12H,6-7,9H2,1H3,(H,17,18)/t10-,12-/m0/s1. The summed E-state index contributed by atoms with van der Waals surface area (Å²) in [5, 5.41) is 3.57. The third kappa shape index (κ3) is 3.76. The van der Waals surface area contributed by atoms with Crippen LogP contribution in [0.3, 0.4) is 0 Å². The lowest BCUT2D eigenvalue weighted by molar-refractivity contribution is -0.129. The number of benzene rings is 1. The summed E-state index contributed by atoms with van der Waals surface area (Å²) in [6.45, 7) is 1.48. The summed E-state index contributed by atoms with van der Waals surface area (Å²) < 4.78 is 29.0. The van der Waals surface area contributed by atoms with Gasteiger partial charge >= 0.3 is 5.97 Å². The molecule has 1 amide bonds. The Morgan fingerprint density at radius 1 is 1.33 bits per heavy atom. The average molecular weight is 367 g/mol. The number of thiophene rings is 1. The van der Waals surface area contributed by atoms with Crippen LogP contribution in [-0.4, -0.2) is 43.9 Å². The van der Waals surface area contributed by atoms with E-state index in [9.17, 15) is 18.0 Å². The zero-order valence-electron chi connectivity index (χ0n) is 13.0. The summed E-state index contributed by atoms with van der Waals surface area (Å²) in [6.07, 6.45) is -0.587. The van der Waals surface area contributed by atoms with Gasteiger partial charge in [0.05, 0.1) is 11.5 Å². The van der Waals surface area contributed by atoms with Crippen molar-refractivity contribution in [1.82, 2.24) is 5.32 Å². The van der Waals surface area contributed by atoms with Crippen LogP contribution in [0.4, 0.5) is 0 Å². The van der Waals surface area contributed by atoms with Gasteiger partial charge in [0, 0.05) is 10.7 Å². The molecule has 1 aliphatic rings. The molecule has 1 aromatic carbocycles. The highest BCUT2D eigenvalue weighted by Gasteiger charge is 2.31. The fourth-order valence-corrected chi connectivity index (χ4v) is 5.20. The first-order valence-electron chi connectivity index (χ1n) is 7.54. The van der Waals surface area contributed by atoms with Crippen LogP contribution < -0.4 is 5.32 Å². The fourth-order valence-electron chi connectivity index (χ4n) is 2.58. The molecule has 2 heterocycles. The van der Waals surface area contributed by atoms with Gasteiger partial charge in [-0.15, -0.1) is 11.3 Å². The van der Waals surface area contributed by atoms with Gasteiger partial charge in [0.1, 0.15) is 4.88 Å². The number of fused-ring (bicyclic) bond motifs is 1. The molecule has 0 unspecified atom stereocenters. The van der Waals surface area contributed by atoms with Gasteiger partial charge in [-0.05, 0) is 30.9 Å². The van der Waals surface area contributed by atoms with E-state index in [2.05, 4.69) is 5.32 Å². The zero-order valence-corrected chi connectivity index (χ0v) is 14.7. The first-order valence-corrected chi connectivity index (χ1v) is 10.2. The number of esters is 1. The number of sulfone groups is 1. The Morgan fingerprint density at radius 3 is 2.75 bits per heavy atom. The van der Waals surface area contributed by atoms with Gasteiger partial charge in [-0.1, -0.05) is 18.2 Å². The third-order valence-electron chi connectivity index (χ3n) is 3.86. The molecule has 3 rings (SSSR count). The Balaban J connectivity index is 1.60. The van der Waals surface area contributed by atoms with Crippen molar-refractivity contribution in [2.24, 2.45) is 0 Å². The maximum Gasteiger partial charge on any atom is 0.349 e. The summed E-state index contributed by atoms with van der Waals surface area (Å²) >= 11 is 1.31. The van der Waals surface area contributed by atoms with Gasteiger partial charge in [0.2, 0.25) is 0 Å². The smallest absolute Gasteiger partial charge is 0.349 e. The van der Waals surface area contributed by atoms with Gasteiger partial charge in [-0.3, -0.25) is 4.79 Å². The summed E-state index contributed by atoms with van der Waals surface area (Å²) in [5.41, 5.74) is 0. The Kier molecular flexibility index (Phi) is 4.60. The van der Waals surface area contributed by atoms with E-state index >= 15 is 0 Å². The molecule has 1 saturated heterocycles. The fraction of sp³-hybridized carbons (Fsp3) is 0.375. The molecule has 1 N–H and O–H groups in total. The number of carbonyl (C=O) groups is 2. The van der Waals surface area contributed by atoms with Crippen LogP contribution in [0.15, 0.2) is 30.3 Å². The lowest BCUT2D eigenvalue weighted by atomic mass is 10.2. The average Bonchev–Trinajstić information content (AvgIpc) is 3.10. The molecule has 2 atom stereocenters. The van der Waals surface area contributed by atoms with Crippen LogP contribution in [0.1, 0.15) is 23.0 Å². The highest BCUT2D eigenvalue weighted by atomic mass is 32.2. The Morgan fingerprint density at radius 2 is 2.08 bits per heavy atom. The highest BCUT2D eigenvalue weighted by molar-refractivity contribution is 7.91. The second kappa shape index (κ2) is 6.52. The quantitative estimate of drug-likeness (QED) is 0.832. The second-order valence-electron chi connectivity index (χ2n) is 5.80. The van der Waals surface area contributed by atoms with Gasteiger partial charge in [-0.25, -0.2) is 13.2 Å². The lowest BCUT2D eigenvalue weighted by Crippen LogP contribution is -2.42. The number of amides is 1. The number of nitrogens with one attached hydrogen (secondary N) is 1. The van der Waals surface area contributed by atoms with E-state index in [-0.39, 0.29) is 11.5 Å². The number of hydrogen-bond donors (Lipinski definition) is 1. The minimum absolute atomic E-state index is 0.0598. The zero-order chi connectivity index (χ0) is 17.3. The molecule has 8 heteroatoms. The number of carbonyl (C=O) groups excluding carboxylic acids is 2. The molecule has 1 aliphatic heterocycles. The molecular formula is C16H17NO5S2. The van der Waals surface area contributed by atoms with Crippen molar-refractivity contribution in [3.8, 4) is 0 Å². The predicted octanol–water partition coefficient (Wildman–Crippen LogP) is 1.75. The van der Waals surface area contributed by atoms with E-state index < -0.39 is 33.9 Å². The predicted molar refractivity (Wildman–Crippen MR) is 91.9 cm³/mol. The van der Waals surface area contributed by atoms with Crippen molar-refractivity contribution in [1.29, 1.82) is 0 Å². The van der Waals surface area contributed by atoms with Crippen LogP contribution >= 0.6 is 11.3 Å². The van der Waals surface area contributed by atoms with E-state index in [4.69, 9.17) is 4.74 Å². The molecule has 0 saturated carbocycles. The highest BCUT2D eigenvalue weighted by Crippen LogP contribution is 2.26. The number of ether oxygens (including phenoxy) is 1. The van der Waals surface area contributed by atoms with Crippen molar-refractivity contribution >= 4 is 43.1 Å². The molecule has 6 nitrogen and oxygen atoms in total. The number of hydrogen-bond acceptors (Lipinski definition) is 6. The normalized spacial score (nSPS) is 20.6. The van der Waals surface area contributed by atoms with Crippen LogP contribution in [0.2, 0.25) is 0 Å². The summed E-state index contributed by atoms with van der Waals surface area (Å²) in [6, 6.07) is 8.91. The van der Waals surface area contributed by atoms with Crippen molar-refractivity contribution < 1.29 is 22.7 Å². The molecule has 1 aromatic heterocycles. The van der Waals surface area contributed by atoms with Crippen molar-refractivity contribution in [3.63, 3.8) is 0 Å². The molecule has 0 aliphatic carbocycles. The monoisotopic (exact) mass is 367 g/mol. The number of rotatable bonds is 4. The Labute approximate surface area is 143 Å². The minimum Gasteiger partial charge on any atom is -0.448 e. The van der Waals surface area contributed by atoms with Crippen LogP contribution in [0.5, 0.6) is 0 Å². The maximum atomic E-state index is 12.2. The van der Waals surface area contributed by atoms with Gasteiger partial charge in [-0.2, -0.15) is 0 Å². The molecule has 1 fully saturated rings. The van der Waals surface area contributed by atoms with Gasteiger partial charge in [0.15, 0.2) is 15.9 Å². The van der Waals surface area contributed by atoms with Crippen LogP contribution in [-0.2, 0) is 19.4 Å². The van der Waals surface area contributed by atoms with E-state index in [1.54, 1.807) is 6.07 Å². The van der Waals surface area contributed by atoms with E-state index in [1.165, 1.54) is 18.3 Å². The second-order valence-corrected chi connectivity index (χ2v) is 9.12. The molecular weight excluding hydrogens is 350 g/mol. The first-order chi connectivity index (χ1) is 11.3.